The van der Waals surface area contributed by atoms with Crippen LogP contribution in [-0.4, -0.2) is 26.9 Å². The maximum atomic E-state index is 12.8. The molecule has 0 aliphatic carbocycles. The van der Waals surface area contributed by atoms with E-state index < -0.39 is 5.79 Å². The number of rotatable bonds is 5. The summed E-state index contributed by atoms with van der Waals surface area (Å²) in [6.45, 7) is 1.28. The van der Waals surface area contributed by atoms with Gasteiger partial charge in [-0.15, -0.1) is 0 Å². The van der Waals surface area contributed by atoms with Gasteiger partial charge < -0.3 is 19.7 Å². The van der Waals surface area contributed by atoms with Gasteiger partial charge in [0.2, 0.25) is 5.78 Å². The quantitative estimate of drug-likeness (QED) is 0.477. The molecule has 0 bridgehead atoms. The second-order valence-corrected chi connectivity index (χ2v) is 6.58. The molecule has 0 saturated heterocycles. The van der Waals surface area contributed by atoms with Crippen molar-refractivity contribution >= 4 is 28.4 Å². The van der Waals surface area contributed by atoms with Crippen LogP contribution in [0.5, 0.6) is 5.75 Å². The predicted octanol–water partition coefficient (Wildman–Crippen LogP) is 3.66. The second kappa shape index (κ2) is 6.52. The summed E-state index contributed by atoms with van der Waals surface area (Å²) in [6.07, 6.45) is 0.263. The number of furan rings is 1. The average Bonchev–Trinajstić information content (AvgIpc) is 2.90. The summed E-state index contributed by atoms with van der Waals surface area (Å²) in [6, 6.07) is 11.0. The molecule has 1 heterocycles. The normalized spacial score (nSPS) is 11.8. The van der Waals surface area contributed by atoms with Crippen LogP contribution in [0.1, 0.15) is 35.0 Å². The maximum absolute atomic E-state index is 12.8. The number of benzene rings is 2. The van der Waals surface area contributed by atoms with Gasteiger partial charge >= 0.3 is 0 Å². The third-order valence-electron chi connectivity index (χ3n) is 3.94. The van der Waals surface area contributed by atoms with E-state index in [1.54, 1.807) is 30.3 Å². The zero-order chi connectivity index (χ0) is 18.2. The first-order valence-corrected chi connectivity index (χ1v) is 8.12. The molecular weight excluding hydrogens is 344 g/mol. The fourth-order valence-electron chi connectivity index (χ4n) is 2.66. The summed E-state index contributed by atoms with van der Waals surface area (Å²) >= 11 is 5.86. The molecule has 3 N–H and O–H groups in total. The number of carbonyl (C=O) groups excluding carboxylic acids is 1. The van der Waals surface area contributed by atoms with E-state index in [9.17, 15) is 20.1 Å². The van der Waals surface area contributed by atoms with E-state index in [0.29, 0.717) is 27.1 Å². The molecule has 0 saturated carbocycles. The highest BCUT2D eigenvalue weighted by Gasteiger charge is 2.24. The van der Waals surface area contributed by atoms with Crippen molar-refractivity contribution in [1.82, 2.24) is 0 Å². The SMILES string of the molecule is CC(O)(O)CCc1c(C(=O)c2ccc(Cl)cc2)oc2cc(O)ccc12. The number of phenolic OH excluding ortho intramolecular Hbond substituents is 1. The first-order valence-electron chi connectivity index (χ1n) is 7.74. The molecule has 5 nitrogen and oxygen atoms in total. The number of phenols is 1. The number of aryl methyl sites for hydroxylation is 1. The summed E-state index contributed by atoms with van der Waals surface area (Å²) in [7, 11) is 0. The van der Waals surface area contributed by atoms with E-state index in [1.807, 2.05) is 0 Å². The molecule has 25 heavy (non-hydrogen) atoms. The lowest BCUT2D eigenvalue weighted by Gasteiger charge is -2.15. The number of fused-ring (bicyclic) bond motifs is 1. The van der Waals surface area contributed by atoms with E-state index in [0.717, 1.165) is 0 Å². The summed E-state index contributed by atoms with van der Waals surface area (Å²) in [5, 5.41) is 30.0. The molecule has 0 amide bonds. The van der Waals surface area contributed by atoms with Crippen LogP contribution in [0.4, 0.5) is 0 Å². The van der Waals surface area contributed by atoms with Crippen LogP contribution in [0, 0.1) is 0 Å². The van der Waals surface area contributed by atoms with Gasteiger partial charge in [0.25, 0.3) is 0 Å². The van der Waals surface area contributed by atoms with E-state index in [1.165, 1.54) is 19.1 Å². The van der Waals surface area contributed by atoms with Gasteiger partial charge in [0.15, 0.2) is 11.5 Å². The van der Waals surface area contributed by atoms with Gasteiger partial charge in [-0.25, -0.2) is 0 Å². The summed E-state index contributed by atoms with van der Waals surface area (Å²) in [5.41, 5.74) is 1.35. The highest BCUT2D eigenvalue weighted by molar-refractivity contribution is 6.30. The van der Waals surface area contributed by atoms with Gasteiger partial charge in [-0.05, 0) is 49.7 Å². The maximum Gasteiger partial charge on any atom is 0.228 e. The van der Waals surface area contributed by atoms with Gasteiger partial charge in [0, 0.05) is 34.0 Å². The Bertz CT molecular complexity index is 919. The largest absolute Gasteiger partial charge is 0.508 e. The van der Waals surface area contributed by atoms with Crippen molar-refractivity contribution in [3.05, 3.63) is 64.4 Å². The molecule has 6 heteroatoms. The first kappa shape index (κ1) is 17.5. The molecule has 3 rings (SSSR count). The van der Waals surface area contributed by atoms with Crippen LogP contribution < -0.4 is 0 Å². The van der Waals surface area contributed by atoms with Gasteiger partial charge in [0.05, 0.1) is 0 Å². The van der Waals surface area contributed by atoms with Crippen molar-refractivity contribution in [3.63, 3.8) is 0 Å². The number of aliphatic hydroxyl groups is 2. The predicted molar refractivity (Wildman–Crippen MR) is 93.9 cm³/mol. The van der Waals surface area contributed by atoms with Crippen molar-refractivity contribution in [2.75, 3.05) is 0 Å². The standard InChI is InChI=1S/C19H17ClO5/c1-19(23,24)9-8-15-14-7-6-13(21)10-16(14)25-18(15)17(22)11-2-4-12(20)5-3-11/h2-7,10,21,23-24H,8-9H2,1H3. The highest BCUT2D eigenvalue weighted by atomic mass is 35.5. The zero-order valence-corrected chi connectivity index (χ0v) is 14.2. The van der Waals surface area contributed by atoms with Crippen molar-refractivity contribution in [1.29, 1.82) is 0 Å². The Morgan fingerprint density at radius 1 is 1.16 bits per heavy atom. The number of carbonyl (C=O) groups is 1. The third-order valence-corrected chi connectivity index (χ3v) is 4.19. The van der Waals surface area contributed by atoms with Crippen molar-refractivity contribution < 1.29 is 24.5 Å². The molecule has 1 aromatic heterocycles. The number of hydrogen-bond donors (Lipinski definition) is 3. The van der Waals surface area contributed by atoms with E-state index in [4.69, 9.17) is 16.0 Å². The van der Waals surface area contributed by atoms with Crippen LogP contribution in [-0.2, 0) is 6.42 Å². The highest BCUT2D eigenvalue weighted by Crippen LogP contribution is 2.32. The molecular formula is C19H17ClO5. The zero-order valence-electron chi connectivity index (χ0n) is 13.5. The Labute approximate surface area is 149 Å². The van der Waals surface area contributed by atoms with Crippen LogP contribution in [0.15, 0.2) is 46.9 Å². The number of aromatic hydroxyl groups is 1. The van der Waals surface area contributed by atoms with E-state index >= 15 is 0 Å². The lowest BCUT2D eigenvalue weighted by molar-refractivity contribution is -0.148. The molecule has 0 radical (unpaired) electrons. The van der Waals surface area contributed by atoms with Crippen molar-refractivity contribution in [2.24, 2.45) is 0 Å². The molecule has 0 aliphatic heterocycles. The van der Waals surface area contributed by atoms with Crippen LogP contribution in [0.2, 0.25) is 5.02 Å². The molecule has 0 unspecified atom stereocenters. The molecule has 0 aliphatic rings. The summed E-state index contributed by atoms with van der Waals surface area (Å²) in [4.78, 5) is 12.8. The summed E-state index contributed by atoms with van der Waals surface area (Å²) in [5.74, 6) is -2.05. The fourth-order valence-corrected chi connectivity index (χ4v) is 2.79. The Morgan fingerprint density at radius 2 is 1.84 bits per heavy atom. The second-order valence-electron chi connectivity index (χ2n) is 6.14. The topological polar surface area (TPSA) is 90.9 Å². The molecule has 2 aromatic carbocycles. The van der Waals surface area contributed by atoms with Crippen molar-refractivity contribution in [2.45, 2.75) is 25.6 Å². The Hall–Kier alpha value is -2.34. The number of hydrogen-bond acceptors (Lipinski definition) is 5. The van der Waals surface area contributed by atoms with E-state index in [-0.39, 0.29) is 30.1 Å². The van der Waals surface area contributed by atoms with Gasteiger partial charge in [-0.2, -0.15) is 0 Å². The summed E-state index contributed by atoms with van der Waals surface area (Å²) < 4.78 is 5.69. The first-order chi connectivity index (χ1) is 11.7. The molecule has 0 atom stereocenters. The number of halogens is 1. The Balaban J connectivity index is 2.08. The lowest BCUT2D eigenvalue weighted by Crippen LogP contribution is -2.23. The van der Waals surface area contributed by atoms with Crippen LogP contribution in [0.3, 0.4) is 0 Å². The average molecular weight is 361 g/mol. The van der Waals surface area contributed by atoms with Gasteiger partial charge in [-0.1, -0.05) is 11.6 Å². The third kappa shape index (κ3) is 3.85. The van der Waals surface area contributed by atoms with Crippen molar-refractivity contribution in [3.8, 4) is 5.75 Å². The van der Waals surface area contributed by atoms with E-state index in [2.05, 4.69) is 0 Å². The molecule has 0 fully saturated rings. The monoisotopic (exact) mass is 360 g/mol. The minimum Gasteiger partial charge on any atom is -0.508 e. The minimum absolute atomic E-state index is 0.0208. The Kier molecular flexibility index (Phi) is 4.56. The fraction of sp³-hybridized carbons (Fsp3) is 0.211. The molecule has 3 aromatic rings. The lowest BCUT2D eigenvalue weighted by atomic mass is 9.98. The smallest absolute Gasteiger partial charge is 0.228 e. The Morgan fingerprint density at radius 3 is 2.48 bits per heavy atom. The minimum atomic E-state index is -1.86. The van der Waals surface area contributed by atoms with Gasteiger partial charge in [0.1, 0.15) is 11.3 Å². The van der Waals surface area contributed by atoms with Crippen LogP contribution >= 0.6 is 11.6 Å². The molecule has 130 valence electrons. The molecule has 0 spiro atoms. The van der Waals surface area contributed by atoms with Crippen LogP contribution in [0.25, 0.3) is 11.0 Å². The number of ketones is 1. The van der Waals surface area contributed by atoms with Gasteiger partial charge in [-0.3, -0.25) is 4.79 Å².